The Morgan fingerprint density at radius 2 is 2.00 bits per heavy atom. The van der Waals surface area contributed by atoms with Crippen LogP contribution in [0.2, 0.25) is 0 Å². The second kappa shape index (κ2) is 13.1. The summed E-state index contributed by atoms with van der Waals surface area (Å²) in [5, 5.41) is 10.4. The van der Waals surface area contributed by atoms with Crippen LogP contribution in [0.5, 0.6) is 0 Å². The Hall–Kier alpha value is -1.71. The maximum Gasteiger partial charge on any atom is 0.312 e. The zero-order valence-corrected chi connectivity index (χ0v) is 24.9. The molecule has 3 rings (SSSR count). The fourth-order valence-corrected chi connectivity index (χ4v) is 7.55. The van der Waals surface area contributed by atoms with E-state index in [-0.39, 0.29) is 41.8 Å². The SMILES string of the molecule is C=CCCCCOC(=O)[C@H]1[C@H]2C(=O)N([C@@H](CO)C(C)C)C(C(=O)N(CC=C)C(C)CCC)C23CC(Br)[C@@H]1O3. The van der Waals surface area contributed by atoms with Crippen LogP contribution in [0.25, 0.3) is 0 Å². The van der Waals surface area contributed by atoms with Crippen LogP contribution in [0.3, 0.4) is 0 Å². The maximum absolute atomic E-state index is 14.4. The van der Waals surface area contributed by atoms with Gasteiger partial charge in [-0.3, -0.25) is 14.4 Å². The zero-order chi connectivity index (χ0) is 28.2. The monoisotopic (exact) mass is 596 g/mol. The van der Waals surface area contributed by atoms with E-state index in [0.29, 0.717) is 19.4 Å². The molecular weight excluding hydrogens is 552 g/mol. The van der Waals surface area contributed by atoms with Crippen LogP contribution in [-0.4, -0.2) is 87.1 Å². The Kier molecular flexibility index (Phi) is 10.6. The second-order valence-electron chi connectivity index (χ2n) is 11.3. The van der Waals surface area contributed by atoms with Gasteiger partial charge in [0.2, 0.25) is 11.8 Å². The zero-order valence-electron chi connectivity index (χ0n) is 23.3. The Morgan fingerprint density at radius 3 is 2.58 bits per heavy atom. The molecule has 3 heterocycles. The predicted molar refractivity (Wildman–Crippen MR) is 150 cm³/mol. The molecule has 8 atom stereocenters. The van der Waals surface area contributed by atoms with E-state index in [2.05, 4.69) is 36.0 Å². The number of hydrogen-bond donors (Lipinski definition) is 1. The van der Waals surface area contributed by atoms with Crippen molar-refractivity contribution in [1.82, 2.24) is 9.80 Å². The molecule has 3 aliphatic rings. The van der Waals surface area contributed by atoms with Crippen LogP contribution in [0.4, 0.5) is 0 Å². The first kappa shape index (κ1) is 30.8. The van der Waals surface area contributed by atoms with Gasteiger partial charge in [-0.25, -0.2) is 0 Å². The quantitative estimate of drug-likeness (QED) is 0.133. The molecule has 0 aromatic carbocycles. The molecular formula is C29H45BrN2O6. The van der Waals surface area contributed by atoms with Gasteiger partial charge in [0.25, 0.3) is 0 Å². The van der Waals surface area contributed by atoms with Gasteiger partial charge in [-0.15, -0.1) is 13.2 Å². The van der Waals surface area contributed by atoms with Crippen LogP contribution in [-0.2, 0) is 23.9 Å². The third-order valence-electron chi connectivity index (χ3n) is 8.44. The molecule has 4 unspecified atom stereocenters. The number of alkyl halides is 1. The summed E-state index contributed by atoms with van der Waals surface area (Å²) in [5.74, 6) is -2.75. The van der Waals surface area contributed by atoms with Gasteiger partial charge in [0.05, 0.1) is 37.2 Å². The summed E-state index contributed by atoms with van der Waals surface area (Å²) < 4.78 is 12.2. The summed E-state index contributed by atoms with van der Waals surface area (Å²) in [5.41, 5.74) is -1.17. The summed E-state index contributed by atoms with van der Waals surface area (Å²) in [6.07, 6.45) is 7.49. The lowest BCUT2D eigenvalue weighted by Gasteiger charge is -2.41. The molecule has 0 saturated carbocycles. The average Bonchev–Trinajstić information content (AvgIpc) is 3.46. The molecule has 2 bridgehead atoms. The molecule has 3 fully saturated rings. The first-order valence-corrected chi connectivity index (χ1v) is 15.0. The molecule has 1 N–H and O–H groups in total. The second-order valence-corrected chi connectivity index (χ2v) is 12.4. The number of aliphatic hydroxyl groups excluding tert-OH is 1. The van der Waals surface area contributed by atoms with E-state index in [0.717, 1.165) is 25.7 Å². The molecule has 9 heteroatoms. The lowest BCUT2D eigenvalue weighted by molar-refractivity contribution is -0.157. The molecule has 214 valence electrons. The Bertz CT molecular complexity index is 896. The molecule has 38 heavy (non-hydrogen) atoms. The van der Waals surface area contributed by atoms with E-state index < -0.39 is 41.6 Å². The van der Waals surface area contributed by atoms with E-state index in [1.54, 1.807) is 11.0 Å². The first-order chi connectivity index (χ1) is 18.1. The summed E-state index contributed by atoms with van der Waals surface area (Å²) in [7, 11) is 0. The molecule has 0 aromatic heterocycles. The number of rotatable bonds is 15. The minimum absolute atomic E-state index is 0.0702. The van der Waals surface area contributed by atoms with E-state index in [1.165, 1.54) is 4.90 Å². The number of esters is 1. The Balaban J connectivity index is 2.02. The number of halogens is 1. The topological polar surface area (TPSA) is 96.4 Å². The fraction of sp³-hybridized carbons (Fsp3) is 0.759. The number of aliphatic hydroxyl groups is 1. The number of hydrogen-bond acceptors (Lipinski definition) is 6. The van der Waals surface area contributed by atoms with Crippen molar-refractivity contribution in [3.63, 3.8) is 0 Å². The number of carbonyl (C=O) groups is 3. The summed E-state index contributed by atoms with van der Waals surface area (Å²) in [4.78, 5) is 45.1. The summed E-state index contributed by atoms with van der Waals surface area (Å²) in [6.45, 7) is 15.8. The smallest absolute Gasteiger partial charge is 0.312 e. The average molecular weight is 598 g/mol. The number of carbonyl (C=O) groups excluding carboxylic acids is 3. The van der Waals surface area contributed by atoms with Crippen LogP contribution >= 0.6 is 15.9 Å². The first-order valence-electron chi connectivity index (χ1n) is 14.0. The molecule has 3 aliphatic heterocycles. The number of unbranched alkanes of at least 4 members (excludes halogenated alkanes) is 2. The standard InChI is InChI=1S/C29H45BrN2O6/c1-7-10-11-12-15-37-28(36)22-23-26(34)32(21(17-33)18(4)5)25(29(23)16-20(30)24(22)38-29)27(35)31(14-9-3)19(6)13-8-2/h7,9,18-25,33H,1,3,8,10-17H2,2,4-6H3/t19?,20?,21-,22-,23-,24-,25?,29?/m0/s1. The molecule has 0 aromatic rings. The van der Waals surface area contributed by atoms with Gasteiger partial charge < -0.3 is 24.4 Å². The van der Waals surface area contributed by atoms with Gasteiger partial charge in [0.15, 0.2) is 0 Å². The van der Waals surface area contributed by atoms with Gasteiger partial charge in [-0.2, -0.15) is 0 Å². The number of amides is 2. The van der Waals surface area contributed by atoms with Crippen LogP contribution in [0.1, 0.15) is 66.2 Å². The molecule has 2 amide bonds. The molecule has 0 radical (unpaired) electrons. The van der Waals surface area contributed by atoms with E-state index in [9.17, 15) is 19.5 Å². The largest absolute Gasteiger partial charge is 0.465 e. The normalized spacial score (nSPS) is 31.3. The van der Waals surface area contributed by atoms with Crippen LogP contribution in [0.15, 0.2) is 25.3 Å². The third kappa shape index (κ3) is 5.48. The maximum atomic E-state index is 14.4. The highest BCUT2D eigenvalue weighted by molar-refractivity contribution is 9.09. The van der Waals surface area contributed by atoms with Gasteiger partial charge in [-0.1, -0.05) is 55.3 Å². The summed E-state index contributed by atoms with van der Waals surface area (Å²) >= 11 is 3.69. The van der Waals surface area contributed by atoms with Crippen molar-refractivity contribution in [3.8, 4) is 0 Å². The van der Waals surface area contributed by atoms with Crippen molar-refractivity contribution in [2.24, 2.45) is 17.8 Å². The third-order valence-corrected chi connectivity index (χ3v) is 9.29. The number of ether oxygens (including phenoxy) is 2. The number of allylic oxidation sites excluding steroid dienone is 1. The summed E-state index contributed by atoms with van der Waals surface area (Å²) in [6, 6.07) is -1.61. The number of likely N-dealkylation sites (tertiary alicyclic amines) is 1. The number of fused-ring (bicyclic) bond motifs is 1. The highest BCUT2D eigenvalue weighted by atomic mass is 79.9. The lowest BCUT2D eigenvalue weighted by atomic mass is 9.70. The molecule has 8 nitrogen and oxygen atoms in total. The van der Waals surface area contributed by atoms with Crippen LogP contribution in [0, 0.1) is 17.8 Å². The van der Waals surface area contributed by atoms with Gasteiger partial charge in [-0.05, 0) is 44.9 Å². The minimum atomic E-state index is -1.17. The van der Waals surface area contributed by atoms with E-state index >= 15 is 0 Å². The highest BCUT2D eigenvalue weighted by Crippen LogP contribution is 2.61. The Morgan fingerprint density at radius 1 is 1.29 bits per heavy atom. The van der Waals surface area contributed by atoms with Crippen molar-refractivity contribution in [1.29, 1.82) is 0 Å². The van der Waals surface area contributed by atoms with Crippen LogP contribution < -0.4 is 0 Å². The highest BCUT2D eigenvalue weighted by Gasteiger charge is 2.77. The van der Waals surface area contributed by atoms with E-state index in [1.807, 2.05) is 26.8 Å². The fourth-order valence-electron chi connectivity index (χ4n) is 6.61. The minimum Gasteiger partial charge on any atom is -0.465 e. The van der Waals surface area contributed by atoms with Crippen molar-refractivity contribution < 1.29 is 29.0 Å². The lowest BCUT2D eigenvalue weighted by Crippen LogP contribution is -2.61. The Labute approximate surface area is 235 Å². The van der Waals surface area contributed by atoms with Gasteiger partial charge in [0.1, 0.15) is 11.6 Å². The van der Waals surface area contributed by atoms with Gasteiger partial charge in [0, 0.05) is 17.4 Å². The molecule has 1 spiro atoms. The number of nitrogens with zero attached hydrogens (tertiary/aromatic N) is 2. The predicted octanol–water partition coefficient (Wildman–Crippen LogP) is 3.85. The van der Waals surface area contributed by atoms with E-state index in [4.69, 9.17) is 9.47 Å². The van der Waals surface area contributed by atoms with Gasteiger partial charge >= 0.3 is 5.97 Å². The molecule has 3 saturated heterocycles. The van der Waals surface area contributed by atoms with Crippen molar-refractivity contribution in [3.05, 3.63) is 25.3 Å². The molecule has 0 aliphatic carbocycles. The van der Waals surface area contributed by atoms with Crippen molar-refractivity contribution >= 4 is 33.7 Å². The van der Waals surface area contributed by atoms with Crippen molar-refractivity contribution in [2.45, 2.75) is 101 Å². The van der Waals surface area contributed by atoms with Crippen molar-refractivity contribution in [2.75, 3.05) is 19.8 Å².